The molecule has 0 aliphatic rings. The Bertz CT molecular complexity index is 1090. The van der Waals surface area contributed by atoms with Crippen molar-refractivity contribution >= 4 is 11.8 Å². The van der Waals surface area contributed by atoms with Gasteiger partial charge in [-0.3, -0.25) is 25.4 Å². The Kier molecular flexibility index (Phi) is 4.67. The minimum absolute atomic E-state index is 0.309. The van der Waals surface area contributed by atoms with Crippen molar-refractivity contribution in [1.29, 1.82) is 0 Å². The number of hydrogen-bond acceptors (Lipinski definition) is 4. The molecule has 138 valence electrons. The minimum Gasteiger partial charge on any atom is -0.357 e. The second kappa shape index (κ2) is 7.58. The van der Waals surface area contributed by atoms with Gasteiger partial charge in [0, 0.05) is 30.4 Å². The summed E-state index contributed by atoms with van der Waals surface area (Å²) in [5, 5.41) is 4.55. The number of amides is 2. The highest BCUT2D eigenvalue weighted by molar-refractivity contribution is 6.01. The molecule has 3 heterocycles. The van der Waals surface area contributed by atoms with E-state index in [4.69, 9.17) is 0 Å². The highest BCUT2D eigenvalue weighted by atomic mass is 16.2. The lowest BCUT2D eigenvalue weighted by molar-refractivity contribution is 0.0844. The lowest BCUT2D eigenvalue weighted by atomic mass is 10.1. The summed E-state index contributed by atoms with van der Waals surface area (Å²) in [6, 6.07) is 16.3. The molecule has 4 aromatic rings. The summed E-state index contributed by atoms with van der Waals surface area (Å²) in [5.74, 6) is -0.933. The van der Waals surface area contributed by atoms with Crippen LogP contribution < -0.4 is 10.9 Å². The number of aromatic amines is 1. The number of para-hydroxylation sites is 1. The van der Waals surface area contributed by atoms with E-state index < -0.39 is 11.8 Å². The Hall–Kier alpha value is -4.20. The lowest BCUT2D eigenvalue weighted by Gasteiger charge is -2.06. The van der Waals surface area contributed by atoms with Gasteiger partial charge in [-0.1, -0.05) is 18.2 Å². The largest absolute Gasteiger partial charge is 0.357 e. The number of carbonyl (C=O) groups excluding carboxylic acids is 2. The first-order chi connectivity index (χ1) is 13.7. The summed E-state index contributed by atoms with van der Waals surface area (Å²) in [6.45, 7) is 0. The maximum absolute atomic E-state index is 12.7. The molecule has 0 spiro atoms. The summed E-state index contributed by atoms with van der Waals surface area (Å²) < 4.78 is 1.62. The second-order valence-electron chi connectivity index (χ2n) is 5.91. The number of aromatic nitrogens is 4. The van der Waals surface area contributed by atoms with Gasteiger partial charge in [-0.15, -0.1) is 0 Å². The van der Waals surface area contributed by atoms with Gasteiger partial charge in [0.15, 0.2) is 0 Å². The van der Waals surface area contributed by atoms with Crippen LogP contribution in [0.5, 0.6) is 0 Å². The Labute approximate surface area is 160 Å². The molecule has 0 fully saturated rings. The molecule has 0 bridgehead atoms. The Balaban J connectivity index is 1.63. The first-order valence-electron chi connectivity index (χ1n) is 8.52. The average Bonchev–Trinajstić information content (AvgIpc) is 3.43. The minimum atomic E-state index is -0.485. The van der Waals surface area contributed by atoms with Gasteiger partial charge in [0.2, 0.25) is 0 Å². The number of H-pyrrole nitrogens is 1. The number of nitrogens with one attached hydrogen (secondary N) is 3. The summed E-state index contributed by atoms with van der Waals surface area (Å²) in [7, 11) is 0. The van der Waals surface area contributed by atoms with E-state index >= 15 is 0 Å². The molecule has 28 heavy (non-hydrogen) atoms. The van der Waals surface area contributed by atoms with E-state index in [9.17, 15) is 9.59 Å². The molecule has 0 aliphatic heterocycles. The molecule has 0 saturated carbocycles. The number of carbonyl (C=O) groups is 2. The number of pyridine rings is 1. The van der Waals surface area contributed by atoms with Gasteiger partial charge in [0.25, 0.3) is 11.8 Å². The molecule has 0 atom stereocenters. The van der Waals surface area contributed by atoms with Crippen LogP contribution in [0, 0.1) is 0 Å². The van der Waals surface area contributed by atoms with Gasteiger partial charge < -0.3 is 4.98 Å². The zero-order chi connectivity index (χ0) is 19.3. The van der Waals surface area contributed by atoms with Crippen molar-refractivity contribution in [2.75, 3.05) is 0 Å². The smallest absolute Gasteiger partial charge is 0.286 e. The number of hydrazine groups is 1. The number of benzene rings is 1. The standard InChI is InChI=1S/C20H16N6O2/c27-19(23-24-20(28)17-9-5-11-22-17)16-13-26(15-7-2-1-3-8-15)25-18(16)14-6-4-10-21-12-14/h1-13,22H,(H,23,27)(H,24,28). The van der Waals surface area contributed by atoms with Crippen molar-refractivity contribution in [3.8, 4) is 16.9 Å². The number of hydrogen-bond donors (Lipinski definition) is 3. The molecule has 0 unspecified atom stereocenters. The van der Waals surface area contributed by atoms with Crippen LogP contribution in [0.25, 0.3) is 16.9 Å². The third kappa shape index (κ3) is 3.51. The van der Waals surface area contributed by atoms with Crippen LogP contribution in [0.3, 0.4) is 0 Å². The van der Waals surface area contributed by atoms with E-state index in [1.54, 1.807) is 47.7 Å². The normalized spacial score (nSPS) is 10.4. The predicted molar refractivity (Wildman–Crippen MR) is 103 cm³/mol. The van der Waals surface area contributed by atoms with Gasteiger partial charge in [0.05, 0.1) is 11.3 Å². The van der Waals surface area contributed by atoms with E-state index in [2.05, 4.69) is 25.9 Å². The Morgan fingerprint density at radius 1 is 0.929 bits per heavy atom. The molecule has 8 heteroatoms. The van der Waals surface area contributed by atoms with E-state index in [0.717, 1.165) is 5.69 Å². The Morgan fingerprint density at radius 3 is 2.46 bits per heavy atom. The first-order valence-corrected chi connectivity index (χ1v) is 8.52. The van der Waals surface area contributed by atoms with E-state index in [1.165, 1.54) is 0 Å². The van der Waals surface area contributed by atoms with Crippen LogP contribution in [-0.2, 0) is 0 Å². The van der Waals surface area contributed by atoms with E-state index in [1.807, 2.05) is 36.4 Å². The molecular formula is C20H16N6O2. The third-order valence-electron chi connectivity index (χ3n) is 4.05. The summed E-state index contributed by atoms with van der Waals surface area (Å²) in [4.78, 5) is 31.7. The zero-order valence-electron chi connectivity index (χ0n) is 14.7. The summed E-state index contributed by atoms with van der Waals surface area (Å²) >= 11 is 0. The molecule has 0 aliphatic carbocycles. The molecule has 1 aromatic carbocycles. The number of nitrogens with zero attached hydrogens (tertiary/aromatic N) is 3. The molecule has 0 saturated heterocycles. The van der Waals surface area contributed by atoms with Crippen LogP contribution in [0.1, 0.15) is 20.8 Å². The Morgan fingerprint density at radius 2 is 1.75 bits per heavy atom. The average molecular weight is 372 g/mol. The summed E-state index contributed by atoms with van der Waals surface area (Å²) in [5.41, 5.74) is 7.43. The highest BCUT2D eigenvalue weighted by Gasteiger charge is 2.19. The highest BCUT2D eigenvalue weighted by Crippen LogP contribution is 2.22. The van der Waals surface area contributed by atoms with Crippen LogP contribution in [0.15, 0.2) is 79.4 Å². The number of rotatable bonds is 4. The van der Waals surface area contributed by atoms with Gasteiger partial charge >= 0.3 is 0 Å². The molecule has 4 rings (SSSR count). The molecule has 8 nitrogen and oxygen atoms in total. The maximum atomic E-state index is 12.7. The topological polar surface area (TPSA) is 105 Å². The predicted octanol–water partition coefficient (Wildman–Crippen LogP) is 2.34. The van der Waals surface area contributed by atoms with Crippen molar-refractivity contribution in [2.45, 2.75) is 0 Å². The van der Waals surface area contributed by atoms with E-state index in [0.29, 0.717) is 22.5 Å². The molecule has 3 aromatic heterocycles. The van der Waals surface area contributed by atoms with Crippen molar-refractivity contribution in [3.05, 3.63) is 90.6 Å². The van der Waals surface area contributed by atoms with Gasteiger partial charge in [-0.05, 0) is 36.4 Å². The van der Waals surface area contributed by atoms with Crippen LogP contribution >= 0.6 is 0 Å². The van der Waals surface area contributed by atoms with Crippen LogP contribution in [0.4, 0.5) is 0 Å². The van der Waals surface area contributed by atoms with Crippen molar-refractivity contribution in [1.82, 2.24) is 30.6 Å². The fourth-order valence-corrected chi connectivity index (χ4v) is 2.69. The zero-order valence-corrected chi connectivity index (χ0v) is 14.7. The van der Waals surface area contributed by atoms with Gasteiger partial charge in [-0.25, -0.2) is 4.68 Å². The van der Waals surface area contributed by atoms with Crippen molar-refractivity contribution in [2.24, 2.45) is 0 Å². The third-order valence-corrected chi connectivity index (χ3v) is 4.05. The van der Waals surface area contributed by atoms with Gasteiger partial charge in [0.1, 0.15) is 11.4 Å². The quantitative estimate of drug-likeness (QED) is 0.478. The van der Waals surface area contributed by atoms with E-state index in [-0.39, 0.29) is 0 Å². The SMILES string of the molecule is O=C(NNC(=O)c1cn(-c2ccccc2)nc1-c1cccnc1)c1ccc[nH]1. The summed E-state index contributed by atoms with van der Waals surface area (Å²) in [6.07, 6.45) is 6.52. The van der Waals surface area contributed by atoms with Crippen LogP contribution in [-0.4, -0.2) is 31.6 Å². The maximum Gasteiger partial charge on any atom is 0.286 e. The second-order valence-corrected chi connectivity index (χ2v) is 5.91. The molecule has 3 N–H and O–H groups in total. The van der Waals surface area contributed by atoms with Crippen molar-refractivity contribution < 1.29 is 9.59 Å². The lowest BCUT2D eigenvalue weighted by Crippen LogP contribution is -2.41. The van der Waals surface area contributed by atoms with Crippen molar-refractivity contribution in [3.63, 3.8) is 0 Å². The van der Waals surface area contributed by atoms with Gasteiger partial charge in [-0.2, -0.15) is 5.10 Å². The fraction of sp³-hybridized carbons (Fsp3) is 0. The first kappa shape index (κ1) is 17.2. The molecule has 0 radical (unpaired) electrons. The molecule has 2 amide bonds. The van der Waals surface area contributed by atoms with Crippen LogP contribution in [0.2, 0.25) is 0 Å². The monoisotopic (exact) mass is 372 g/mol. The molecular weight excluding hydrogens is 356 g/mol. The fourth-order valence-electron chi connectivity index (χ4n) is 2.69.